The fourth-order valence-electron chi connectivity index (χ4n) is 2.82. The van der Waals surface area contributed by atoms with Crippen molar-refractivity contribution in [3.05, 3.63) is 23.3 Å². The predicted octanol–water partition coefficient (Wildman–Crippen LogP) is 2.36. The Kier molecular flexibility index (Phi) is 5.47. The Bertz CT molecular complexity index is 621. The predicted molar refractivity (Wildman–Crippen MR) is 85.8 cm³/mol. The normalized spacial score (nSPS) is 17.0. The van der Waals surface area contributed by atoms with E-state index in [-0.39, 0.29) is 0 Å². The van der Waals surface area contributed by atoms with Gasteiger partial charge in [-0.15, -0.1) is 0 Å². The van der Waals surface area contributed by atoms with Crippen LogP contribution in [0.3, 0.4) is 0 Å². The van der Waals surface area contributed by atoms with Gasteiger partial charge in [-0.1, -0.05) is 0 Å². The van der Waals surface area contributed by atoms with Gasteiger partial charge in [-0.25, -0.2) is 12.7 Å². The van der Waals surface area contributed by atoms with Gasteiger partial charge in [0, 0.05) is 26.8 Å². The van der Waals surface area contributed by atoms with Gasteiger partial charge in [0.2, 0.25) is 10.0 Å². The Labute approximate surface area is 133 Å². The molecule has 1 fully saturated rings. The number of aryl methyl sites for hydroxylation is 2. The molecule has 0 atom stereocenters. The summed E-state index contributed by atoms with van der Waals surface area (Å²) in [5, 5.41) is 0. The van der Waals surface area contributed by atoms with Crippen molar-refractivity contribution >= 4 is 10.0 Å². The molecule has 0 bridgehead atoms. The molecule has 0 unspecified atom stereocenters. The van der Waals surface area contributed by atoms with E-state index >= 15 is 0 Å². The molecule has 1 aromatic rings. The summed E-state index contributed by atoms with van der Waals surface area (Å²) in [6.45, 7) is 5.64. The first kappa shape index (κ1) is 17.2. The second kappa shape index (κ2) is 6.98. The van der Waals surface area contributed by atoms with Crippen LogP contribution in [0.2, 0.25) is 0 Å². The Balaban J connectivity index is 2.23. The zero-order chi connectivity index (χ0) is 16.3. The van der Waals surface area contributed by atoms with E-state index < -0.39 is 10.0 Å². The van der Waals surface area contributed by atoms with E-state index in [0.29, 0.717) is 28.7 Å². The van der Waals surface area contributed by atoms with E-state index in [4.69, 9.17) is 9.47 Å². The highest BCUT2D eigenvalue weighted by atomic mass is 32.2. The Morgan fingerprint density at radius 1 is 1.23 bits per heavy atom. The summed E-state index contributed by atoms with van der Waals surface area (Å²) in [6, 6.07) is 3.48. The van der Waals surface area contributed by atoms with Gasteiger partial charge < -0.3 is 9.47 Å². The molecule has 22 heavy (non-hydrogen) atoms. The summed E-state index contributed by atoms with van der Waals surface area (Å²) in [6.07, 6.45) is 1.83. The molecule has 0 amide bonds. The lowest BCUT2D eigenvalue weighted by Gasteiger charge is -2.27. The van der Waals surface area contributed by atoms with Gasteiger partial charge in [0.05, 0.1) is 12.0 Å². The third-order valence-electron chi connectivity index (χ3n) is 4.24. The molecule has 0 aromatic heterocycles. The van der Waals surface area contributed by atoms with Crippen LogP contribution in [0.25, 0.3) is 0 Å². The zero-order valence-corrected chi connectivity index (χ0v) is 14.6. The molecule has 124 valence electrons. The first-order valence-electron chi connectivity index (χ1n) is 7.55. The monoisotopic (exact) mass is 327 g/mol. The first-order chi connectivity index (χ1) is 10.4. The van der Waals surface area contributed by atoms with E-state index in [0.717, 1.165) is 31.6 Å². The molecule has 6 heteroatoms. The summed E-state index contributed by atoms with van der Waals surface area (Å²) in [5.74, 6) is 1.08. The highest BCUT2D eigenvalue weighted by Gasteiger charge is 2.27. The number of methoxy groups -OCH3 is 1. The molecular formula is C16H25NO4S. The van der Waals surface area contributed by atoms with Crippen LogP contribution in [0.1, 0.15) is 24.0 Å². The Hall–Kier alpha value is -1.11. The van der Waals surface area contributed by atoms with Crippen molar-refractivity contribution < 1.29 is 17.9 Å². The van der Waals surface area contributed by atoms with Gasteiger partial charge in [-0.3, -0.25) is 0 Å². The molecule has 0 N–H and O–H groups in total. The van der Waals surface area contributed by atoms with Crippen LogP contribution < -0.4 is 4.74 Å². The minimum atomic E-state index is -3.48. The molecule has 1 heterocycles. The van der Waals surface area contributed by atoms with Gasteiger partial charge in [-0.05, 0) is 55.9 Å². The molecule has 1 saturated heterocycles. The molecule has 2 rings (SSSR count). The molecule has 0 spiro atoms. The van der Waals surface area contributed by atoms with Crippen molar-refractivity contribution in [3.63, 3.8) is 0 Å². The van der Waals surface area contributed by atoms with Crippen molar-refractivity contribution in [2.24, 2.45) is 5.92 Å². The van der Waals surface area contributed by atoms with Crippen molar-refractivity contribution in [2.75, 3.05) is 33.9 Å². The second-order valence-corrected chi connectivity index (χ2v) is 7.94. The Morgan fingerprint density at radius 2 is 1.86 bits per heavy atom. The van der Waals surface area contributed by atoms with Crippen LogP contribution in [0.4, 0.5) is 0 Å². The lowest BCUT2D eigenvalue weighted by Crippen LogP contribution is -2.34. The fourth-order valence-corrected chi connectivity index (χ4v) is 4.35. The zero-order valence-electron chi connectivity index (χ0n) is 13.8. The van der Waals surface area contributed by atoms with Crippen molar-refractivity contribution in [1.29, 1.82) is 0 Å². The van der Waals surface area contributed by atoms with Crippen molar-refractivity contribution in [2.45, 2.75) is 31.6 Å². The van der Waals surface area contributed by atoms with Crippen molar-refractivity contribution in [3.8, 4) is 5.75 Å². The molecular weight excluding hydrogens is 302 g/mol. The maximum atomic E-state index is 12.8. The molecule has 1 aromatic carbocycles. The number of rotatable bonds is 5. The topological polar surface area (TPSA) is 55.8 Å². The van der Waals surface area contributed by atoms with E-state index in [1.807, 2.05) is 6.92 Å². The van der Waals surface area contributed by atoms with Crippen LogP contribution in [-0.2, 0) is 14.8 Å². The van der Waals surface area contributed by atoms with Crippen LogP contribution in [0, 0.1) is 19.8 Å². The van der Waals surface area contributed by atoms with E-state index in [2.05, 4.69) is 0 Å². The highest BCUT2D eigenvalue weighted by molar-refractivity contribution is 7.89. The third kappa shape index (κ3) is 3.62. The van der Waals surface area contributed by atoms with Crippen LogP contribution in [0.15, 0.2) is 17.0 Å². The molecule has 0 aliphatic carbocycles. The number of sulfonamides is 1. The minimum Gasteiger partial charge on any atom is -0.496 e. The molecule has 0 saturated carbocycles. The number of hydrogen-bond donors (Lipinski definition) is 0. The number of nitrogens with zero attached hydrogens (tertiary/aromatic N) is 1. The lowest BCUT2D eigenvalue weighted by molar-refractivity contribution is 0.0620. The maximum Gasteiger partial charge on any atom is 0.243 e. The highest BCUT2D eigenvalue weighted by Crippen LogP contribution is 2.28. The maximum absolute atomic E-state index is 12.8. The van der Waals surface area contributed by atoms with Gasteiger partial charge in [-0.2, -0.15) is 0 Å². The standard InChI is InChI=1S/C16H25NO4S/c1-12-10-16(13(2)9-15(12)20-4)22(18,19)17(3)11-14-5-7-21-8-6-14/h9-10,14H,5-8,11H2,1-4H3. The summed E-state index contributed by atoms with van der Waals surface area (Å²) < 4.78 is 37.7. The summed E-state index contributed by atoms with van der Waals surface area (Å²) in [5.41, 5.74) is 1.53. The fraction of sp³-hybridized carbons (Fsp3) is 0.625. The lowest BCUT2D eigenvalue weighted by atomic mass is 10.0. The van der Waals surface area contributed by atoms with Gasteiger partial charge in [0.15, 0.2) is 0 Å². The van der Waals surface area contributed by atoms with E-state index in [1.165, 1.54) is 4.31 Å². The largest absolute Gasteiger partial charge is 0.496 e. The van der Waals surface area contributed by atoms with Gasteiger partial charge in [0.25, 0.3) is 0 Å². The quantitative estimate of drug-likeness (QED) is 0.833. The van der Waals surface area contributed by atoms with Gasteiger partial charge >= 0.3 is 0 Å². The molecule has 1 aliphatic heterocycles. The second-order valence-electron chi connectivity index (χ2n) is 5.93. The number of ether oxygens (including phenoxy) is 2. The molecule has 0 radical (unpaired) electrons. The minimum absolute atomic E-state index is 0.361. The van der Waals surface area contributed by atoms with E-state index in [1.54, 1.807) is 33.2 Å². The smallest absolute Gasteiger partial charge is 0.243 e. The third-order valence-corrected chi connectivity index (χ3v) is 6.20. The SMILES string of the molecule is COc1cc(C)c(S(=O)(=O)N(C)CC2CCOCC2)cc1C. The first-order valence-corrected chi connectivity index (χ1v) is 8.99. The average Bonchev–Trinajstić information content (AvgIpc) is 2.50. The van der Waals surface area contributed by atoms with Crippen molar-refractivity contribution in [1.82, 2.24) is 4.31 Å². The van der Waals surface area contributed by atoms with Gasteiger partial charge in [0.1, 0.15) is 5.75 Å². The van der Waals surface area contributed by atoms with Crippen LogP contribution in [-0.4, -0.2) is 46.6 Å². The number of benzene rings is 1. The van der Waals surface area contributed by atoms with E-state index in [9.17, 15) is 8.42 Å². The Morgan fingerprint density at radius 3 is 2.45 bits per heavy atom. The number of hydrogen-bond acceptors (Lipinski definition) is 4. The van der Waals surface area contributed by atoms with Crippen LogP contribution in [0.5, 0.6) is 5.75 Å². The summed E-state index contributed by atoms with van der Waals surface area (Å²) >= 11 is 0. The summed E-state index contributed by atoms with van der Waals surface area (Å²) in [7, 11) is -0.233. The average molecular weight is 327 g/mol. The summed E-state index contributed by atoms with van der Waals surface area (Å²) in [4.78, 5) is 0.361. The molecule has 5 nitrogen and oxygen atoms in total. The van der Waals surface area contributed by atoms with Crippen LogP contribution >= 0.6 is 0 Å². The molecule has 1 aliphatic rings.